The van der Waals surface area contributed by atoms with Crippen LogP contribution in [0.25, 0.3) is 0 Å². The van der Waals surface area contributed by atoms with Gasteiger partial charge in [0.15, 0.2) is 0 Å². The van der Waals surface area contributed by atoms with Crippen LogP contribution in [-0.4, -0.2) is 10.9 Å². The third-order valence-electron chi connectivity index (χ3n) is 1.44. The van der Waals surface area contributed by atoms with E-state index in [9.17, 15) is 5.11 Å². The summed E-state index contributed by atoms with van der Waals surface area (Å²) in [5, 5.41) is 9.36. The van der Waals surface area contributed by atoms with Gasteiger partial charge in [-0.1, -0.05) is 24.3 Å². The quantitative estimate of drug-likeness (QED) is 0.570. The van der Waals surface area contributed by atoms with Gasteiger partial charge in [-0.15, -0.1) is 11.8 Å². The van der Waals surface area contributed by atoms with E-state index in [1.54, 1.807) is 17.8 Å². The molecule has 1 nitrogen and oxygen atoms in total. The number of rotatable bonds is 3. The zero-order chi connectivity index (χ0) is 8.81. The Kier molecular flexibility index (Phi) is 3.74. The summed E-state index contributed by atoms with van der Waals surface area (Å²) < 4.78 is 0. The summed E-state index contributed by atoms with van der Waals surface area (Å²) in [4.78, 5) is 0.940. The predicted octanol–water partition coefficient (Wildman–Crippen LogP) is 3.06. The highest BCUT2D eigenvalue weighted by molar-refractivity contribution is 7.99. The second-order valence-corrected chi connectivity index (χ2v) is 3.41. The van der Waals surface area contributed by atoms with Crippen LogP contribution < -0.4 is 0 Å². The third kappa shape index (κ3) is 2.62. The average molecular weight is 180 g/mol. The summed E-state index contributed by atoms with van der Waals surface area (Å²) in [5.74, 6) is 1.28. The molecule has 0 spiro atoms. The maximum atomic E-state index is 9.36. The minimum Gasteiger partial charge on any atom is -0.507 e. The molecule has 2 heteroatoms. The fourth-order valence-corrected chi connectivity index (χ4v) is 1.67. The molecule has 1 aromatic rings. The molecule has 0 saturated heterocycles. The smallest absolute Gasteiger partial charge is 0.129 e. The topological polar surface area (TPSA) is 20.2 Å². The SMILES string of the molecule is CC=CCSc1ccccc1O. The molecule has 64 valence electrons. The summed E-state index contributed by atoms with van der Waals surface area (Å²) in [6, 6.07) is 7.38. The molecule has 0 heterocycles. The lowest BCUT2D eigenvalue weighted by Gasteiger charge is -2.00. The number of phenolic OH excluding ortho intramolecular Hbond substituents is 1. The molecular weight excluding hydrogens is 168 g/mol. The van der Waals surface area contributed by atoms with Crippen molar-refractivity contribution in [2.75, 3.05) is 5.75 Å². The first-order chi connectivity index (χ1) is 5.84. The normalized spacial score (nSPS) is 10.8. The van der Waals surface area contributed by atoms with Crippen molar-refractivity contribution in [2.45, 2.75) is 11.8 Å². The van der Waals surface area contributed by atoms with Crippen LogP contribution in [0.4, 0.5) is 0 Å². The molecular formula is C10H12OS. The van der Waals surface area contributed by atoms with E-state index in [1.807, 2.05) is 31.2 Å². The van der Waals surface area contributed by atoms with Crippen molar-refractivity contribution in [1.29, 1.82) is 0 Å². The zero-order valence-corrected chi connectivity index (χ0v) is 7.84. The van der Waals surface area contributed by atoms with Crippen LogP contribution in [0.3, 0.4) is 0 Å². The van der Waals surface area contributed by atoms with E-state index in [1.165, 1.54) is 0 Å². The van der Waals surface area contributed by atoms with Gasteiger partial charge in [-0.2, -0.15) is 0 Å². The van der Waals surface area contributed by atoms with E-state index >= 15 is 0 Å². The number of hydrogen-bond acceptors (Lipinski definition) is 2. The van der Waals surface area contributed by atoms with Gasteiger partial charge in [0, 0.05) is 10.6 Å². The minimum atomic E-state index is 0.368. The van der Waals surface area contributed by atoms with Crippen LogP contribution in [-0.2, 0) is 0 Å². The summed E-state index contributed by atoms with van der Waals surface area (Å²) in [5.41, 5.74) is 0. The molecule has 0 bridgehead atoms. The van der Waals surface area contributed by atoms with Gasteiger partial charge in [0.1, 0.15) is 5.75 Å². The number of aromatic hydroxyl groups is 1. The molecule has 0 aromatic heterocycles. The summed E-state index contributed by atoms with van der Waals surface area (Å²) in [6.07, 6.45) is 4.07. The molecule has 1 rings (SSSR count). The Morgan fingerprint density at radius 2 is 2.17 bits per heavy atom. The van der Waals surface area contributed by atoms with Crippen molar-refractivity contribution < 1.29 is 5.11 Å². The van der Waals surface area contributed by atoms with Crippen LogP contribution in [0.1, 0.15) is 6.92 Å². The maximum Gasteiger partial charge on any atom is 0.129 e. The van der Waals surface area contributed by atoms with Crippen LogP contribution in [0.2, 0.25) is 0 Å². The Morgan fingerprint density at radius 1 is 1.42 bits per heavy atom. The van der Waals surface area contributed by atoms with E-state index in [4.69, 9.17) is 0 Å². The molecule has 0 aliphatic heterocycles. The average Bonchev–Trinajstić information content (AvgIpc) is 2.09. The summed E-state index contributed by atoms with van der Waals surface area (Å²) in [6.45, 7) is 1.99. The van der Waals surface area contributed by atoms with Crippen molar-refractivity contribution >= 4 is 11.8 Å². The van der Waals surface area contributed by atoms with Crippen molar-refractivity contribution in [3.63, 3.8) is 0 Å². The van der Waals surface area contributed by atoms with Gasteiger partial charge < -0.3 is 5.11 Å². The molecule has 1 N–H and O–H groups in total. The number of hydrogen-bond donors (Lipinski definition) is 1. The monoisotopic (exact) mass is 180 g/mol. The van der Waals surface area contributed by atoms with Crippen LogP contribution in [0, 0.1) is 0 Å². The van der Waals surface area contributed by atoms with Crippen molar-refractivity contribution in [2.24, 2.45) is 0 Å². The standard InChI is InChI=1S/C10H12OS/c1-2-3-8-12-10-7-5-4-6-9(10)11/h2-7,11H,8H2,1H3. The largest absolute Gasteiger partial charge is 0.507 e. The van der Waals surface area contributed by atoms with Gasteiger partial charge in [-0.05, 0) is 19.1 Å². The fraction of sp³-hybridized carbons (Fsp3) is 0.200. The first kappa shape index (κ1) is 9.20. The van der Waals surface area contributed by atoms with E-state index in [0.29, 0.717) is 5.75 Å². The Balaban J connectivity index is 2.57. The van der Waals surface area contributed by atoms with Gasteiger partial charge in [-0.25, -0.2) is 0 Å². The molecule has 0 radical (unpaired) electrons. The third-order valence-corrected chi connectivity index (χ3v) is 2.45. The summed E-state index contributed by atoms with van der Waals surface area (Å²) >= 11 is 1.63. The first-order valence-electron chi connectivity index (χ1n) is 3.86. The number of allylic oxidation sites excluding steroid dienone is 1. The predicted molar refractivity (Wildman–Crippen MR) is 53.6 cm³/mol. The molecule has 0 unspecified atom stereocenters. The molecule has 0 saturated carbocycles. The molecule has 0 amide bonds. The van der Waals surface area contributed by atoms with E-state index in [2.05, 4.69) is 6.08 Å². The molecule has 1 aromatic carbocycles. The molecule has 0 aliphatic rings. The number of thioether (sulfide) groups is 1. The van der Waals surface area contributed by atoms with Crippen LogP contribution in [0.5, 0.6) is 5.75 Å². The van der Waals surface area contributed by atoms with E-state index in [-0.39, 0.29) is 0 Å². The van der Waals surface area contributed by atoms with Gasteiger partial charge >= 0.3 is 0 Å². The van der Waals surface area contributed by atoms with Gasteiger partial charge in [0.25, 0.3) is 0 Å². The van der Waals surface area contributed by atoms with Crippen molar-refractivity contribution in [3.8, 4) is 5.75 Å². The van der Waals surface area contributed by atoms with Crippen molar-refractivity contribution in [1.82, 2.24) is 0 Å². The van der Waals surface area contributed by atoms with E-state index < -0.39 is 0 Å². The van der Waals surface area contributed by atoms with E-state index in [0.717, 1.165) is 10.6 Å². The summed E-state index contributed by atoms with van der Waals surface area (Å²) in [7, 11) is 0. The minimum absolute atomic E-state index is 0.368. The molecule has 0 atom stereocenters. The number of benzene rings is 1. The van der Waals surface area contributed by atoms with Crippen molar-refractivity contribution in [3.05, 3.63) is 36.4 Å². The maximum absolute atomic E-state index is 9.36. The van der Waals surface area contributed by atoms with Gasteiger partial charge in [-0.3, -0.25) is 0 Å². The molecule has 0 aliphatic carbocycles. The second-order valence-electron chi connectivity index (χ2n) is 2.35. The zero-order valence-electron chi connectivity index (χ0n) is 7.03. The van der Waals surface area contributed by atoms with Gasteiger partial charge in [0.2, 0.25) is 0 Å². The lowest BCUT2D eigenvalue weighted by molar-refractivity contribution is 0.462. The van der Waals surface area contributed by atoms with Gasteiger partial charge in [0.05, 0.1) is 0 Å². The highest BCUT2D eigenvalue weighted by Crippen LogP contribution is 2.27. The number of para-hydroxylation sites is 1. The molecule has 12 heavy (non-hydrogen) atoms. The number of phenols is 1. The molecule has 0 fully saturated rings. The second kappa shape index (κ2) is 4.88. The van der Waals surface area contributed by atoms with Crippen LogP contribution >= 0.6 is 11.8 Å². The first-order valence-corrected chi connectivity index (χ1v) is 4.85. The lowest BCUT2D eigenvalue weighted by Crippen LogP contribution is -1.74. The Morgan fingerprint density at radius 3 is 2.83 bits per heavy atom. The fourth-order valence-electron chi connectivity index (χ4n) is 0.813. The Hall–Kier alpha value is -0.890. The lowest BCUT2D eigenvalue weighted by atomic mass is 10.3. The van der Waals surface area contributed by atoms with Crippen LogP contribution in [0.15, 0.2) is 41.3 Å². The Labute approximate surface area is 77.1 Å². The highest BCUT2D eigenvalue weighted by Gasteiger charge is 1.96. The highest BCUT2D eigenvalue weighted by atomic mass is 32.2. The Bertz CT molecular complexity index is 268.